The Balaban J connectivity index is 2.34. The fourth-order valence-electron chi connectivity index (χ4n) is 3.44. The zero-order valence-electron chi connectivity index (χ0n) is 14.5. The lowest BCUT2D eigenvalue weighted by Crippen LogP contribution is -2.52. The van der Waals surface area contributed by atoms with Crippen molar-refractivity contribution in [2.75, 3.05) is 6.54 Å². The molecule has 2 rings (SSSR count). The van der Waals surface area contributed by atoms with Crippen LogP contribution in [-0.4, -0.2) is 34.5 Å². The summed E-state index contributed by atoms with van der Waals surface area (Å²) in [4.78, 5) is 26.5. The number of hydrogen-bond donors (Lipinski definition) is 1. The molecule has 1 aliphatic rings. The molecule has 0 unspecified atom stereocenters. The molecule has 0 aromatic heterocycles. The average molecular weight is 317 g/mol. The van der Waals surface area contributed by atoms with E-state index in [9.17, 15) is 14.7 Å². The molecule has 1 aromatic carbocycles. The molecule has 23 heavy (non-hydrogen) atoms. The number of amides is 1. The Kier molecular flexibility index (Phi) is 5.12. The molecule has 0 aliphatic carbocycles. The fraction of sp³-hybridized carbons (Fsp3) is 0.579. The van der Waals surface area contributed by atoms with E-state index in [4.69, 9.17) is 0 Å². The number of likely N-dealkylation sites (tertiary alicyclic amines) is 1. The van der Waals surface area contributed by atoms with Crippen LogP contribution in [0.2, 0.25) is 0 Å². The van der Waals surface area contributed by atoms with Gasteiger partial charge in [0, 0.05) is 18.2 Å². The molecule has 4 heteroatoms. The van der Waals surface area contributed by atoms with Crippen LogP contribution in [-0.2, 0) is 4.79 Å². The number of carbonyl (C=O) groups is 2. The third kappa shape index (κ3) is 4.12. The Labute approximate surface area is 138 Å². The maximum Gasteiger partial charge on any atom is 0.308 e. The second-order valence-corrected chi connectivity index (χ2v) is 7.73. The van der Waals surface area contributed by atoms with Crippen molar-refractivity contribution in [2.45, 2.75) is 53.0 Å². The first kappa shape index (κ1) is 17.5. The van der Waals surface area contributed by atoms with Gasteiger partial charge < -0.3 is 10.0 Å². The predicted molar refractivity (Wildman–Crippen MR) is 90.4 cm³/mol. The Morgan fingerprint density at radius 1 is 1.26 bits per heavy atom. The van der Waals surface area contributed by atoms with Crippen LogP contribution in [0.25, 0.3) is 0 Å². The van der Waals surface area contributed by atoms with Crippen molar-refractivity contribution in [3.8, 4) is 0 Å². The molecule has 0 radical (unpaired) electrons. The van der Waals surface area contributed by atoms with Crippen molar-refractivity contribution in [2.24, 2.45) is 11.3 Å². The van der Waals surface area contributed by atoms with E-state index in [1.807, 2.05) is 31.2 Å². The predicted octanol–water partition coefficient (Wildman–Crippen LogP) is 3.74. The topological polar surface area (TPSA) is 57.6 Å². The number of rotatable bonds is 3. The van der Waals surface area contributed by atoms with E-state index in [0.717, 1.165) is 12.0 Å². The van der Waals surface area contributed by atoms with Gasteiger partial charge in [0.2, 0.25) is 0 Å². The molecule has 1 saturated heterocycles. The molecule has 0 bridgehead atoms. The number of carboxylic acids is 1. The fourth-order valence-corrected chi connectivity index (χ4v) is 3.44. The first-order valence-electron chi connectivity index (χ1n) is 8.30. The summed E-state index contributed by atoms with van der Waals surface area (Å²) in [5.74, 6) is -1.30. The average Bonchev–Trinajstić information content (AvgIpc) is 2.45. The van der Waals surface area contributed by atoms with Gasteiger partial charge >= 0.3 is 5.97 Å². The lowest BCUT2D eigenvalue weighted by Gasteiger charge is -2.42. The van der Waals surface area contributed by atoms with E-state index in [2.05, 4.69) is 20.8 Å². The quantitative estimate of drug-likeness (QED) is 0.924. The van der Waals surface area contributed by atoms with Crippen molar-refractivity contribution in [1.29, 1.82) is 0 Å². The summed E-state index contributed by atoms with van der Waals surface area (Å²) in [6, 6.07) is 7.28. The Bertz CT molecular complexity index is 589. The lowest BCUT2D eigenvalue weighted by molar-refractivity contribution is -0.145. The van der Waals surface area contributed by atoms with E-state index >= 15 is 0 Å². The second kappa shape index (κ2) is 6.73. The van der Waals surface area contributed by atoms with E-state index in [1.165, 1.54) is 0 Å². The van der Waals surface area contributed by atoms with Crippen LogP contribution in [0.5, 0.6) is 0 Å². The van der Waals surface area contributed by atoms with Gasteiger partial charge in [-0.15, -0.1) is 0 Å². The number of carbonyl (C=O) groups excluding carboxylic acids is 1. The lowest BCUT2D eigenvalue weighted by atomic mass is 9.78. The zero-order valence-corrected chi connectivity index (χ0v) is 14.5. The summed E-state index contributed by atoms with van der Waals surface area (Å²) in [6.07, 6.45) is 2.09. The summed E-state index contributed by atoms with van der Waals surface area (Å²) in [5, 5.41) is 9.59. The third-order valence-corrected chi connectivity index (χ3v) is 4.55. The highest BCUT2D eigenvalue weighted by Gasteiger charge is 2.40. The number of nitrogens with zero attached hydrogens (tertiary/aromatic N) is 1. The molecule has 1 aliphatic heterocycles. The van der Waals surface area contributed by atoms with Gasteiger partial charge in [0.05, 0.1) is 5.92 Å². The molecule has 0 spiro atoms. The Hall–Kier alpha value is -1.84. The van der Waals surface area contributed by atoms with Gasteiger partial charge in [0.25, 0.3) is 5.91 Å². The minimum Gasteiger partial charge on any atom is -0.481 e. The van der Waals surface area contributed by atoms with Gasteiger partial charge in [-0.3, -0.25) is 9.59 Å². The Morgan fingerprint density at radius 2 is 1.91 bits per heavy atom. The van der Waals surface area contributed by atoms with Crippen molar-refractivity contribution in [3.05, 3.63) is 35.4 Å². The van der Waals surface area contributed by atoms with Crippen LogP contribution in [0.1, 0.15) is 56.0 Å². The minimum absolute atomic E-state index is 0.0278. The summed E-state index contributed by atoms with van der Waals surface area (Å²) < 4.78 is 0. The van der Waals surface area contributed by atoms with Gasteiger partial charge in [0.1, 0.15) is 0 Å². The molecule has 1 N–H and O–H groups in total. The van der Waals surface area contributed by atoms with Gasteiger partial charge in [0.15, 0.2) is 0 Å². The highest BCUT2D eigenvalue weighted by Crippen LogP contribution is 2.34. The molecule has 2 atom stereocenters. The van der Waals surface area contributed by atoms with E-state index in [1.54, 1.807) is 4.90 Å². The maximum atomic E-state index is 13.0. The van der Waals surface area contributed by atoms with Crippen LogP contribution in [0.15, 0.2) is 24.3 Å². The summed E-state index contributed by atoms with van der Waals surface area (Å²) in [7, 11) is 0. The molecule has 4 nitrogen and oxygen atoms in total. The molecule has 1 heterocycles. The zero-order chi connectivity index (χ0) is 17.2. The van der Waals surface area contributed by atoms with E-state index < -0.39 is 11.9 Å². The van der Waals surface area contributed by atoms with Crippen LogP contribution in [0.4, 0.5) is 0 Å². The van der Waals surface area contributed by atoms with Crippen LogP contribution >= 0.6 is 0 Å². The summed E-state index contributed by atoms with van der Waals surface area (Å²) in [6.45, 7) is 8.84. The standard InChI is InChI=1S/C19H27NO3/c1-13-8-5-6-9-14(13)17(21)20-11-7-10-15(18(22)23)16(20)12-19(2,3)4/h5-6,8-9,15-16H,7,10-12H2,1-4H3,(H,22,23)/t15-,16-/m0/s1. The molecule has 1 aromatic rings. The normalized spacial score (nSPS) is 22.0. The van der Waals surface area contributed by atoms with Crippen molar-refractivity contribution in [3.63, 3.8) is 0 Å². The van der Waals surface area contributed by atoms with E-state index in [0.29, 0.717) is 24.9 Å². The van der Waals surface area contributed by atoms with Gasteiger partial charge in [-0.05, 0) is 43.2 Å². The van der Waals surface area contributed by atoms with Crippen LogP contribution in [0.3, 0.4) is 0 Å². The Morgan fingerprint density at radius 3 is 2.48 bits per heavy atom. The highest BCUT2D eigenvalue weighted by atomic mass is 16.4. The summed E-state index contributed by atoms with van der Waals surface area (Å²) in [5.41, 5.74) is 1.59. The van der Waals surface area contributed by atoms with Crippen LogP contribution < -0.4 is 0 Å². The van der Waals surface area contributed by atoms with E-state index in [-0.39, 0.29) is 17.4 Å². The van der Waals surface area contributed by atoms with Gasteiger partial charge in [-0.2, -0.15) is 0 Å². The van der Waals surface area contributed by atoms with Crippen molar-refractivity contribution >= 4 is 11.9 Å². The van der Waals surface area contributed by atoms with Crippen LogP contribution in [0, 0.1) is 18.3 Å². The third-order valence-electron chi connectivity index (χ3n) is 4.55. The number of piperidine rings is 1. The molecular formula is C19H27NO3. The molecule has 126 valence electrons. The number of aliphatic carboxylic acids is 1. The molecule has 1 fully saturated rings. The second-order valence-electron chi connectivity index (χ2n) is 7.73. The smallest absolute Gasteiger partial charge is 0.308 e. The minimum atomic E-state index is -0.790. The largest absolute Gasteiger partial charge is 0.481 e. The highest BCUT2D eigenvalue weighted by molar-refractivity contribution is 5.96. The number of aryl methyl sites for hydroxylation is 1. The number of benzene rings is 1. The first-order chi connectivity index (χ1) is 10.7. The monoisotopic (exact) mass is 317 g/mol. The summed E-state index contributed by atoms with van der Waals surface area (Å²) >= 11 is 0. The molecular weight excluding hydrogens is 290 g/mol. The first-order valence-corrected chi connectivity index (χ1v) is 8.30. The van der Waals surface area contributed by atoms with Gasteiger partial charge in [-0.25, -0.2) is 0 Å². The van der Waals surface area contributed by atoms with Crippen molar-refractivity contribution in [1.82, 2.24) is 4.90 Å². The van der Waals surface area contributed by atoms with Gasteiger partial charge in [-0.1, -0.05) is 39.0 Å². The number of hydrogen-bond acceptors (Lipinski definition) is 2. The maximum absolute atomic E-state index is 13.0. The molecule has 0 saturated carbocycles. The number of carboxylic acid groups (broad SMARTS) is 1. The molecule has 1 amide bonds. The van der Waals surface area contributed by atoms with Crippen molar-refractivity contribution < 1.29 is 14.7 Å². The SMILES string of the molecule is Cc1ccccc1C(=O)N1CCC[C@H](C(=O)O)[C@@H]1CC(C)(C)C.